The van der Waals surface area contributed by atoms with Crippen molar-refractivity contribution in [3.05, 3.63) is 59.9 Å². The van der Waals surface area contributed by atoms with Gasteiger partial charge in [-0.3, -0.25) is 4.39 Å². The van der Waals surface area contributed by atoms with Crippen molar-refractivity contribution in [2.24, 2.45) is 0 Å². The SMILES string of the molecule is COc1cc(-c2cccc(N[S+]([O-])CCCF)c2F)cc2c(N3CCOCC3)nc(-c3cccc(N)c3C=N)nc12. The molecule has 0 bridgehead atoms. The maximum atomic E-state index is 15.7. The number of benzene rings is 3. The molecule has 4 N–H and O–H groups in total. The molecular weight excluding hydrogens is 550 g/mol. The molecule has 1 unspecified atom stereocenters. The number of alkyl halides is 1. The van der Waals surface area contributed by atoms with Gasteiger partial charge in [0.25, 0.3) is 0 Å². The van der Waals surface area contributed by atoms with Crippen molar-refractivity contribution in [1.29, 1.82) is 5.41 Å². The average molecular weight is 581 g/mol. The third-order valence-corrected chi connectivity index (χ3v) is 7.90. The number of methoxy groups -OCH3 is 1. The summed E-state index contributed by atoms with van der Waals surface area (Å²) in [5.41, 5.74) is 9.04. The molecule has 2 heterocycles. The normalized spacial score (nSPS) is 14.2. The van der Waals surface area contributed by atoms with E-state index in [-0.39, 0.29) is 23.4 Å². The number of anilines is 3. The van der Waals surface area contributed by atoms with E-state index in [1.54, 1.807) is 30.3 Å². The Balaban J connectivity index is 1.69. The molecule has 41 heavy (non-hydrogen) atoms. The predicted molar refractivity (Wildman–Crippen MR) is 159 cm³/mol. The molecule has 0 radical (unpaired) electrons. The molecule has 9 nitrogen and oxygen atoms in total. The predicted octanol–water partition coefficient (Wildman–Crippen LogP) is 4.96. The van der Waals surface area contributed by atoms with Gasteiger partial charge in [-0.1, -0.05) is 24.3 Å². The summed E-state index contributed by atoms with van der Waals surface area (Å²) in [6.45, 7) is 1.62. The zero-order valence-corrected chi connectivity index (χ0v) is 23.3. The standard InChI is InChI=1S/C29H30F2N6O3S/c1-39-25-16-18(19-5-3-8-24(26(19)31)36-41(38)14-4-9-30)15-21-27(25)34-28(20-6-2-7-23(33)22(20)17-32)35-29(21)37-10-12-40-13-11-37/h2-3,5-8,15-17,32,36H,4,9-14,33H2,1H3. The highest BCUT2D eigenvalue weighted by Gasteiger charge is 2.23. The summed E-state index contributed by atoms with van der Waals surface area (Å²) in [5.74, 6) is 0.876. The van der Waals surface area contributed by atoms with Crippen LogP contribution in [0.25, 0.3) is 33.4 Å². The topological polar surface area (TPSA) is 132 Å². The van der Waals surface area contributed by atoms with Crippen molar-refractivity contribution in [3.63, 3.8) is 0 Å². The number of halogens is 2. The van der Waals surface area contributed by atoms with E-state index in [1.807, 2.05) is 12.1 Å². The molecule has 3 aromatic carbocycles. The van der Waals surface area contributed by atoms with Gasteiger partial charge in [-0.2, -0.15) is 0 Å². The Morgan fingerprint density at radius 2 is 1.93 bits per heavy atom. The maximum absolute atomic E-state index is 15.7. The molecule has 0 amide bonds. The second kappa shape index (κ2) is 12.7. The lowest BCUT2D eigenvalue weighted by molar-refractivity contribution is 0.122. The van der Waals surface area contributed by atoms with E-state index >= 15 is 4.39 Å². The van der Waals surface area contributed by atoms with Crippen molar-refractivity contribution in [2.75, 3.05) is 61.2 Å². The van der Waals surface area contributed by atoms with E-state index in [0.29, 0.717) is 77.0 Å². The first-order valence-electron chi connectivity index (χ1n) is 13.1. The minimum absolute atomic E-state index is 0.0552. The lowest BCUT2D eigenvalue weighted by Gasteiger charge is -2.29. The van der Waals surface area contributed by atoms with Crippen LogP contribution in [0.5, 0.6) is 5.75 Å². The number of nitrogens with two attached hydrogens (primary N) is 1. The molecule has 1 aromatic heterocycles. The lowest BCUT2D eigenvalue weighted by atomic mass is 10.0. The zero-order chi connectivity index (χ0) is 28.9. The third kappa shape index (κ3) is 5.90. The van der Waals surface area contributed by atoms with Crippen LogP contribution < -0.4 is 20.1 Å². The van der Waals surface area contributed by atoms with Crippen LogP contribution in [0.3, 0.4) is 0 Å². The molecule has 0 aliphatic carbocycles. The van der Waals surface area contributed by atoms with Crippen molar-refractivity contribution < 1.29 is 22.8 Å². The van der Waals surface area contributed by atoms with Gasteiger partial charge in [0.1, 0.15) is 28.5 Å². The first kappa shape index (κ1) is 28.5. The lowest BCUT2D eigenvalue weighted by Crippen LogP contribution is -2.37. The highest BCUT2D eigenvalue weighted by atomic mass is 32.2. The Hall–Kier alpha value is -4.00. The first-order valence-corrected chi connectivity index (χ1v) is 14.4. The smallest absolute Gasteiger partial charge is 0.163 e. The number of hydrogen-bond acceptors (Lipinski definition) is 9. The molecule has 0 spiro atoms. The van der Waals surface area contributed by atoms with Crippen LogP contribution in [-0.4, -0.2) is 66.6 Å². The van der Waals surface area contributed by atoms with Gasteiger partial charge < -0.3 is 30.1 Å². The number of fused-ring (bicyclic) bond motifs is 1. The van der Waals surface area contributed by atoms with Gasteiger partial charge in [-0.15, -0.1) is 0 Å². The second-order valence-electron chi connectivity index (χ2n) is 9.36. The quantitative estimate of drug-likeness (QED) is 0.136. The van der Waals surface area contributed by atoms with Crippen LogP contribution in [0, 0.1) is 11.2 Å². The molecular formula is C29H30F2N6O3S. The van der Waals surface area contributed by atoms with Gasteiger partial charge in [0.05, 0.1) is 38.4 Å². The van der Waals surface area contributed by atoms with E-state index in [9.17, 15) is 8.94 Å². The molecule has 12 heteroatoms. The molecule has 1 saturated heterocycles. The van der Waals surface area contributed by atoms with E-state index in [0.717, 1.165) is 0 Å². The summed E-state index contributed by atoms with van der Waals surface area (Å²) in [7, 11) is 1.51. The summed E-state index contributed by atoms with van der Waals surface area (Å²) in [4.78, 5) is 11.8. The molecule has 1 aliphatic heterocycles. The Morgan fingerprint density at radius 3 is 2.66 bits per heavy atom. The number of rotatable bonds is 10. The van der Waals surface area contributed by atoms with Crippen LogP contribution in [0.4, 0.5) is 26.0 Å². The molecule has 4 aromatic rings. The molecule has 0 saturated carbocycles. The monoisotopic (exact) mass is 580 g/mol. The summed E-state index contributed by atoms with van der Waals surface area (Å²) < 4.78 is 54.5. The number of nitrogen functional groups attached to an aromatic ring is 1. The Labute approximate surface area is 239 Å². The van der Waals surface area contributed by atoms with Gasteiger partial charge in [0, 0.05) is 53.5 Å². The number of nitrogens with zero attached hydrogens (tertiary/aromatic N) is 3. The Bertz CT molecular complexity index is 1570. The number of morpholine rings is 1. The fourth-order valence-electron chi connectivity index (χ4n) is 4.77. The van der Waals surface area contributed by atoms with Crippen molar-refractivity contribution in [3.8, 4) is 28.3 Å². The average Bonchev–Trinajstić information content (AvgIpc) is 3.00. The maximum Gasteiger partial charge on any atom is 0.163 e. The third-order valence-electron chi connectivity index (χ3n) is 6.80. The second-order valence-corrected chi connectivity index (χ2v) is 10.7. The van der Waals surface area contributed by atoms with Crippen molar-refractivity contribution >= 4 is 45.7 Å². The minimum atomic E-state index is -1.62. The molecule has 1 aliphatic rings. The highest BCUT2D eigenvalue weighted by molar-refractivity contribution is 7.92. The van der Waals surface area contributed by atoms with Crippen LogP contribution >= 0.6 is 0 Å². The van der Waals surface area contributed by atoms with Crippen molar-refractivity contribution in [1.82, 2.24) is 9.97 Å². The summed E-state index contributed by atoms with van der Waals surface area (Å²) >= 11 is -1.62. The number of nitrogens with one attached hydrogen (secondary N) is 2. The van der Waals surface area contributed by atoms with E-state index in [2.05, 4.69) is 9.62 Å². The summed E-state index contributed by atoms with van der Waals surface area (Å²) in [6.07, 6.45) is 1.30. The zero-order valence-electron chi connectivity index (χ0n) is 22.5. The summed E-state index contributed by atoms with van der Waals surface area (Å²) in [5, 5.41) is 8.56. The van der Waals surface area contributed by atoms with Crippen LogP contribution in [-0.2, 0) is 16.1 Å². The molecule has 1 atom stereocenters. The molecule has 5 rings (SSSR count). The fourth-order valence-corrected chi connectivity index (χ4v) is 5.64. The Morgan fingerprint density at radius 1 is 1.17 bits per heavy atom. The van der Waals surface area contributed by atoms with E-state index in [4.69, 9.17) is 30.6 Å². The largest absolute Gasteiger partial charge is 0.593 e. The number of ether oxygens (including phenoxy) is 2. The van der Waals surface area contributed by atoms with Gasteiger partial charge in [-0.05, 0) is 29.8 Å². The van der Waals surface area contributed by atoms with E-state index in [1.165, 1.54) is 19.4 Å². The fraction of sp³-hybridized carbons (Fsp3) is 0.276. The highest BCUT2D eigenvalue weighted by Crippen LogP contribution is 2.39. The van der Waals surface area contributed by atoms with Gasteiger partial charge >= 0.3 is 0 Å². The van der Waals surface area contributed by atoms with Gasteiger partial charge in [0.2, 0.25) is 0 Å². The first-order chi connectivity index (χ1) is 19.9. The number of hydrogen-bond donors (Lipinski definition) is 3. The van der Waals surface area contributed by atoms with Crippen LogP contribution in [0.1, 0.15) is 12.0 Å². The van der Waals surface area contributed by atoms with E-state index < -0.39 is 23.9 Å². The summed E-state index contributed by atoms with van der Waals surface area (Å²) in [6, 6.07) is 13.6. The Kier molecular flexibility index (Phi) is 8.81. The molecule has 214 valence electrons. The van der Waals surface area contributed by atoms with Crippen LogP contribution in [0.2, 0.25) is 0 Å². The minimum Gasteiger partial charge on any atom is -0.593 e. The van der Waals surface area contributed by atoms with Gasteiger partial charge in [-0.25, -0.2) is 19.1 Å². The number of aromatic nitrogens is 2. The van der Waals surface area contributed by atoms with Gasteiger partial charge in [0.15, 0.2) is 11.6 Å². The van der Waals surface area contributed by atoms with Crippen LogP contribution in [0.15, 0.2) is 48.5 Å². The molecule has 1 fully saturated rings. The van der Waals surface area contributed by atoms with Crippen molar-refractivity contribution in [2.45, 2.75) is 6.42 Å².